The predicted molar refractivity (Wildman–Crippen MR) is 65.8 cm³/mol. The molecule has 1 unspecified atom stereocenters. The van der Waals surface area contributed by atoms with Gasteiger partial charge in [0.15, 0.2) is 0 Å². The molecule has 0 aliphatic heterocycles. The van der Waals surface area contributed by atoms with E-state index in [1.807, 2.05) is 19.1 Å². The van der Waals surface area contributed by atoms with Gasteiger partial charge in [0.05, 0.1) is 0 Å². The summed E-state index contributed by atoms with van der Waals surface area (Å²) < 4.78 is 5.10. The van der Waals surface area contributed by atoms with Crippen LogP contribution in [0.1, 0.15) is 18.1 Å². The van der Waals surface area contributed by atoms with E-state index < -0.39 is 6.10 Å². The third-order valence-corrected chi connectivity index (χ3v) is 2.38. The van der Waals surface area contributed by atoms with Crippen LogP contribution >= 0.6 is 0 Å². The van der Waals surface area contributed by atoms with Gasteiger partial charge in [0.25, 0.3) is 0 Å². The summed E-state index contributed by atoms with van der Waals surface area (Å²) in [6.07, 6.45) is -0.671. The van der Waals surface area contributed by atoms with Crippen LogP contribution in [0.3, 0.4) is 0 Å². The summed E-state index contributed by atoms with van der Waals surface area (Å²) in [5, 5.41) is 9.96. The van der Waals surface area contributed by atoms with E-state index in [-0.39, 0.29) is 5.63 Å². The SMILES string of the molecule is Cc1cc(=O)oc2cc(C#CC(C)O)ccc12. The molecule has 0 spiro atoms. The quantitative estimate of drug-likeness (QED) is 0.553. The zero-order valence-electron chi connectivity index (χ0n) is 9.65. The molecule has 1 aromatic carbocycles. The van der Waals surface area contributed by atoms with E-state index in [0.717, 1.165) is 10.9 Å². The number of benzene rings is 1. The van der Waals surface area contributed by atoms with Gasteiger partial charge >= 0.3 is 5.63 Å². The Morgan fingerprint density at radius 1 is 1.35 bits per heavy atom. The fourth-order valence-corrected chi connectivity index (χ4v) is 1.59. The summed E-state index contributed by atoms with van der Waals surface area (Å²) >= 11 is 0. The molecule has 1 N–H and O–H groups in total. The van der Waals surface area contributed by atoms with Crippen LogP contribution in [-0.4, -0.2) is 11.2 Å². The topological polar surface area (TPSA) is 50.4 Å². The Balaban J connectivity index is 2.59. The molecule has 2 aromatic rings. The van der Waals surface area contributed by atoms with E-state index in [9.17, 15) is 4.79 Å². The molecule has 1 aromatic heterocycles. The molecule has 0 bridgehead atoms. The predicted octanol–water partition coefficient (Wildman–Crippen LogP) is 1.83. The van der Waals surface area contributed by atoms with Crippen LogP contribution < -0.4 is 5.63 Å². The number of hydrogen-bond donors (Lipinski definition) is 1. The third kappa shape index (κ3) is 2.55. The van der Waals surface area contributed by atoms with Gasteiger partial charge < -0.3 is 9.52 Å². The standard InChI is InChI=1S/C14H12O3/c1-9-7-14(16)17-13-8-11(4-3-10(2)15)5-6-12(9)13/h5-8,10,15H,1-2H3. The molecule has 0 amide bonds. The first kappa shape index (κ1) is 11.4. The lowest BCUT2D eigenvalue weighted by Gasteiger charge is -2.00. The Kier molecular flexibility index (Phi) is 2.99. The maximum atomic E-state index is 11.2. The molecular formula is C14H12O3. The minimum absolute atomic E-state index is 0.365. The summed E-state index contributed by atoms with van der Waals surface area (Å²) in [6.45, 7) is 3.46. The summed E-state index contributed by atoms with van der Waals surface area (Å²) in [6, 6.07) is 6.87. The van der Waals surface area contributed by atoms with E-state index in [0.29, 0.717) is 11.1 Å². The van der Waals surface area contributed by atoms with Gasteiger partial charge in [-0.05, 0) is 37.6 Å². The van der Waals surface area contributed by atoms with Crippen molar-refractivity contribution in [2.45, 2.75) is 20.0 Å². The van der Waals surface area contributed by atoms with Gasteiger partial charge in [-0.25, -0.2) is 4.79 Å². The first-order chi connectivity index (χ1) is 8.06. The van der Waals surface area contributed by atoms with Crippen LogP contribution in [0.4, 0.5) is 0 Å². The van der Waals surface area contributed by atoms with E-state index in [1.165, 1.54) is 6.07 Å². The third-order valence-electron chi connectivity index (χ3n) is 2.38. The average Bonchev–Trinajstić information content (AvgIpc) is 2.25. The van der Waals surface area contributed by atoms with Gasteiger partial charge in [0, 0.05) is 17.0 Å². The zero-order valence-corrected chi connectivity index (χ0v) is 9.65. The Morgan fingerprint density at radius 3 is 2.82 bits per heavy atom. The Bertz CT molecular complexity index is 669. The molecular weight excluding hydrogens is 216 g/mol. The molecule has 3 nitrogen and oxygen atoms in total. The number of fused-ring (bicyclic) bond motifs is 1. The van der Waals surface area contributed by atoms with Crippen molar-refractivity contribution in [1.82, 2.24) is 0 Å². The molecule has 3 heteroatoms. The summed E-state index contributed by atoms with van der Waals surface area (Å²) in [7, 11) is 0. The van der Waals surface area contributed by atoms with E-state index in [4.69, 9.17) is 9.52 Å². The number of aliphatic hydroxyl groups excluding tert-OH is 1. The molecule has 0 aliphatic rings. The van der Waals surface area contributed by atoms with Crippen molar-refractivity contribution < 1.29 is 9.52 Å². The minimum atomic E-state index is -0.671. The normalized spacial score (nSPS) is 11.9. The molecule has 17 heavy (non-hydrogen) atoms. The fraction of sp³-hybridized carbons (Fsp3) is 0.214. The Hall–Kier alpha value is -2.05. The summed E-state index contributed by atoms with van der Waals surface area (Å²) in [4.78, 5) is 11.2. The minimum Gasteiger partial charge on any atom is -0.423 e. The highest BCUT2D eigenvalue weighted by atomic mass is 16.4. The first-order valence-corrected chi connectivity index (χ1v) is 5.30. The van der Waals surface area contributed by atoms with Crippen LogP contribution in [0.5, 0.6) is 0 Å². The average molecular weight is 228 g/mol. The van der Waals surface area contributed by atoms with Gasteiger partial charge in [-0.15, -0.1) is 0 Å². The van der Waals surface area contributed by atoms with Crippen molar-refractivity contribution in [1.29, 1.82) is 0 Å². The number of hydrogen-bond acceptors (Lipinski definition) is 3. The highest BCUT2D eigenvalue weighted by Crippen LogP contribution is 2.17. The van der Waals surface area contributed by atoms with Crippen molar-refractivity contribution in [3.63, 3.8) is 0 Å². The summed E-state index contributed by atoms with van der Waals surface area (Å²) in [5.41, 5.74) is 1.75. The van der Waals surface area contributed by atoms with Crippen molar-refractivity contribution in [2.75, 3.05) is 0 Å². The van der Waals surface area contributed by atoms with Crippen LogP contribution in [-0.2, 0) is 0 Å². The van der Waals surface area contributed by atoms with Gasteiger partial charge in [-0.1, -0.05) is 11.8 Å². The van der Waals surface area contributed by atoms with Crippen molar-refractivity contribution in [3.05, 3.63) is 45.8 Å². The lowest BCUT2D eigenvalue weighted by molar-refractivity contribution is 0.253. The molecule has 0 saturated heterocycles. The van der Waals surface area contributed by atoms with Gasteiger partial charge in [-0.2, -0.15) is 0 Å². The van der Waals surface area contributed by atoms with Gasteiger partial charge in [0.1, 0.15) is 11.7 Å². The van der Waals surface area contributed by atoms with Crippen molar-refractivity contribution >= 4 is 11.0 Å². The van der Waals surface area contributed by atoms with Crippen LogP contribution in [0.15, 0.2) is 33.5 Å². The lowest BCUT2D eigenvalue weighted by Crippen LogP contribution is -1.98. The zero-order chi connectivity index (χ0) is 12.4. The number of rotatable bonds is 0. The van der Waals surface area contributed by atoms with Gasteiger partial charge in [0.2, 0.25) is 0 Å². The van der Waals surface area contributed by atoms with Gasteiger partial charge in [-0.3, -0.25) is 0 Å². The largest absolute Gasteiger partial charge is 0.423 e. The number of aryl methyl sites for hydroxylation is 1. The maximum absolute atomic E-state index is 11.2. The summed E-state index contributed by atoms with van der Waals surface area (Å²) in [5.74, 6) is 5.45. The molecule has 0 radical (unpaired) electrons. The monoisotopic (exact) mass is 228 g/mol. The second-order valence-corrected chi connectivity index (χ2v) is 3.90. The van der Waals surface area contributed by atoms with Crippen LogP contribution in [0.2, 0.25) is 0 Å². The smallest absolute Gasteiger partial charge is 0.336 e. The maximum Gasteiger partial charge on any atom is 0.336 e. The van der Waals surface area contributed by atoms with Crippen LogP contribution in [0, 0.1) is 18.8 Å². The second-order valence-electron chi connectivity index (χ2n) is 3.90. The molecule has 0 saturated carbocycles. The Labute approximate surface area is 98.7 Å². The highest BCUT2D eigenvalue weighted by molar-refractivity contribution is 5.81. The van der Waals surface area contributed by atoms with E-state index >= 15 is 0 Å². The van der Waals surface area contributed by atoms with Crippen LogP contribution in [0.25, 0.3) is 11.0 Å². The molecule has 86 valence electrons. The van der Waals surface area contributed by atoms with Crippen molar-refractivity contribution in [3.8, 4) is 11.8 Å². The molecule has 2 rings (SSSR count). The van der Waals surface area contributed by atoms with Crippen molar-refractivity contribution in [2.24, 2.45) is 0 Å². The fourth-order valence-electron chi connectivity index (χ4n) is 1.59. The highest BCUT2D eigenvalue weighted by Gasteiger charge is 2.02. The second kappa shape index (κ2) is 4.44. The number of aliphatic hydroxyl groups is 1. The molecule has 0 aliphatic carbocycles. The Morgan fingerprint density at radius 2 is 2.12 bits per heavy atom. The molecule has 1 atom stereocenters. The first-order valence-electron chi connectivity index (χ1n) is 5.30. The van der Waals surface area contributed by atoms with E-state index in [1.54, 1.807) is 13.0 Å². The molecule has 1 heterocycles. The lowest BCUT2D eigenvalue weighted by atomic mass is 10.1. The van der Waals surface area contributed by atoms with E-state index in [2.05, 4.69) is 11.8 Å². The molecule has 0 fully saturated rings.